The molecule has 1 aromatic rings. The third kappa shape index (κ3) is 4.99. The van der Waals surface area contributed by atoms with Crippen LogP contribution in [0.15, 0.2) is 30.3 Å². The second-order valence-corrected chi connectivity index (χ2v) is 4.39. The van der Waals surface area contributed by atoms with Crippen molar-refractivity contribution in [3.05, 3.63) is 35.9 Å². The molecule has 1 unspecified atom stereocenters. The van der Waals surface area contributed by atoms with Gasteiger partial charge in [-0.15, -0.1) is 0 Å². The predicted octanol–water partition coefficient (Wildman–Crippen LogP) is 2.25. The maximum atomic E-state index is 11.9. The SMILES string of the molecule is CCC(NC(=O)N(C)CCC(=O)O)c1ccccc1. The monoisotopic (exact) mass is 264 g/mol. The lowest BCUT2D eigenvalue weighted by Crippen LogP contribution is -2.40. The highest BCUT2D eigenvalue weighted by atomic mass is 16.4. The lowest BCUT2D eigenvalue weighted by molar-refractivity contribution is -0.137. The molecule has 2 amide bonds. The van der Waals surface area contributed by atoms with E-state index in [0.717, 1.165) is 12.0 Å². The molecule has 5 nitrogen and oxygen atoms in total. The molecule has 0 radical (unpaired) electrons. The van der Waals surface area contributed by atoms with Gasteiger partial charge in [0.2, 0.25) is 0 Å². The zero-order chi connectivity index (χ0) is 14.3. The zero-order valence-corrected chi connectivity index (χ0v) is 11.3. The van der Waals surface area contributed by atoms with Crippen molar-refractivity contribution in [2.75, 3.05) is 13.6 Å². The molecule has 19 heavy (non-hydrogen) atoms. The minimum atomic E-state index is -0.908. The van der Waals surface area contributed by atoms with Crippen LogP contribution in [-0.4, -0.2) is 35.6 Å². The Labute approximate surface area is 113 Å². The standard InChI is InChI=1S/C14H20N2O3/c1-3-12(11-7-5-4-6-8-11)15-14(19)16(2)10-9-13(17)18/h4-8,12H,3,9-10H2,1-2H3,(H,15,19)(H,17,18). The number of carboxylic acid groups (broad SMARTS) is 1. The van der Waals surface area contributed by atoms with Gasteiger partial charge in [0.05, 0.1) is 12.5 Å². The first-order valence-electron chi connectivity index (χ1n) is 6.33. The van der Waals surface area contributed by atoms with Crippen molar-refractivity contribution in [2.45, 2.75) is 25.8 Å². The van der Waals surface area contributed by atoms with Crippen LogP contribution in [0.1, 0.15) is 31.4 Å². The van der Waals surface area contributed by atoms with Gasteiger partial charge in [0.15, 0.2) is 0 Å². The molecule has 104 valence electrons. The highest BCUT2D eigenvalue weighted by molar-refractivity contribution is 5.75. The normalized spacial score (nSPS) is 11.7. The molecule has 0 aromatic heterocycles. The average molecular weight is 264 g/mol. The van der Waals surface area contributed by atoms with Gasteiger partial charge in [0, 0.05) is 13.6 Å². The first-order valence-corrected chi connectivity index (χ1v) is 6.33. The molecule has 0 spiro atoms. The lowest BCUT2D eigenvalue weighted by Gasteiger charge is -2.22. The number of nitrogens with one attached hydrogen (secondary N) is 1. The van der Waals surface area contributed by atoms with Crippen LogP contribution in [-0.2, 0) is 4.79 Å². The summed E-state index contributed by atoms with van der Waals surface area (Å²) in [6.07, 6.45) is 0.731. The van der Waals surface area contributed by atoms with E-state index in [-0.39, 0.29) is 25.0 Å². The molecular formula is C14H20N2O3. The summed E-state index contributed by atoms with van der Waals surface area (Å²) in [6, 6.07) is 9.41. The number of carbonyl (C=O) groups excluding carboxylic acids is 1. The fourth-order valence-corrected chi connectivity index (χ4v) is 1.73. The highest BCUT2D eigenvalue weighted by Gasteiger charge is 2.15. The minimum absolute atomic E-state index is 0.0496. The van der Waals surface area contributed by atoms with Gasteiger partial charge >= 0.3 is 12.0 Å². The van der Waals surface area contributed by atoms with Crippen LogP contribution in [0.25, 0.3) is 0 Å². The second-order valence-electron chi connectivity index (χ2n) is 4.39. The summed E-state index contributed by atoms with van der Waals surface area (Å²) in [6.45, 7) is 2.20. The maximum Gasteiger partial charge on any atom is 0.317 e. The van der Waals surface area contributed by atoms with Gasteiger partial charge in [-0.1, -0.05) is 37.3 Å². The highest BCUT2D eigenvalue weighted by Crippen LogP contribution is 2.16. The molecule has 0 heterocycles. The Morgan fingerprint density at radius 1 is 1.32 bits per heavy atom. The summed E-state index contributed by atoms with van der Waals surface area (Å²) in [5, 5.41) is 11.5. The third-order valence-corrected chi connectivity index (χ3v) is 2.92. The molecule has 1 aromatic carbocycles. The third-order valence-electron chi connectivity index (χ3n) is 2.92. The molecule has 1 rings (SSSR count). The van der Waals surface area contributed by atoms with Crippen molar-refractivity contribution in [1.82, 2.24) is 10.2 Å². The molecular weight excluding hydrogens is 244 g/mol. The minimum Gasteiger partial charge on any atom is -0.481 e. The Bertz CT molecular complexity index is 420. The van der Waals surface area contributed by atoms with E-state index >= 15 is 0 Å². The number of hydrogen-bond acceptors (Lipinski definition) is 2. The van der Waals surface area contributed by atoms with E-state index in [2.05, 4.69) is 5.32 Å². The molecule has 0 aliphatic heterocycles. The van der Waals surface area contributed by atoms with Crippen LogP contribution in [0.4, 0.5) is 4.79 Å². The number of benzene rings is 1. The Kier molecular flexibility index (Phi) is 5.85. The number of carboxylic acids is 1. The number of carbonyl (C=O) groups is 2. The average Bonchev–Trinajstić information content (AvgIpc) is 2.42. The Hall–Kier alpha value is -2.04. The van der Waals surface area contributed by atoms with Gasteiger partial charge in [-0.3, -0.25) is 4.79 Å². The van der Waals surface area contributed by atoms with Crippen LogP contribution < -0.4 is 5.32 Å². The smallest absolute Gasteiger partial charge is 0.317 e. The molecule has 1 atom stereocenters. The Morgan fingerprint density at radius 2 is 1.95 bits per heavy atom. The number of amides is 2. The molecule has 0 aliphatic carbocycles. The van der Waals surface area contributed by atoms with Gasteiger partial charge in [0.1, 0.15) is 0 Å². The molecule has 2 N–H and O–H groups in total. The molecule has 0 aliphatic rings. The number of urea groups is 1. The van der Waals surface area contributed by atoms with Crippen LogP contribution in [0.5, 0.6) is 0 Å². The topological polar surface area (TPSA) is 69.6 Å². The van der Waals surface area contributed by atoms with E-state index in [1.54, 1.807) is 7.05 Å². The Balaban J connectivity index is 2.56. The van der Waals surface area contributed by atoms with Crippen molar-refractivity contribution in [1.29, 1.82) is 0 Å². The van der Waals surface area contributed by atoms with Crippen LogP contribution >= 0.6 is 0 Å². The molecule has 0 fully saturated rings. The summed E-state index contributed by atoms with van der Waals surface area (Å²) >= 11 is 0. The summed E-state index contributed by atoms with van der Waals surface area (Å²) in [7, 11) is 1.59. The largest absolute Gasteiger partial charge is 0.481 e. The van der Waals surface area contributed by atoms with E-state index in [1.807, 2.05) is 37.3 Å². The van der Waals surface area contributed by atoms with E-state index in [0.29, 0.717) is 0 Å². The van der Waals surface area contributed by atoms with Crippen molar-refractivity contribution in [3.63, 3.8) is 0 Å². The van der Waals surface area contributed by atoms with Gasteiger partial charge in [-0.2, -0.15) is 0 Å². The van der Waals surface area contributed by atoms with E-state index in [1.165, 1.54) is 4.90 Å². The van der Waals surface area contributed by atoms with Crippen molar-refractivity contribution in [3.8, 4) is 0 Å². The summed E-state index contributed by atoms with van der Waals surface area (Å²) in [5.74, 6) is -0.908. The van der Waals surface area contributed by atoms with Crippen molar-refractivity contribution in [2.24, 2.45) is 0 Å². The fourth-order valence-electron chi connectivity index (χ4n) is 1.73. The van der Waals surface area contributed by atoms with Gasteiger partial charge < -0.3 is 15.3 Å². The number of aliphatic carboxylic acids is 1. The lowest BCUT2D eigenvalue weighted by atomic mass is 10.1. The first kappa shape index (κ1) is 15.0. The second kappa shape index (κ2) is 7.41. The predicted molar refractivity (Wildman–Crippen MR) is 72.9 cm³/mol. The maximum absolute atomic E-state index is 11.9. The van der Waals surface area contributed by atoms with Gasteiger partial charge in [-0.05, 0) is 12.0 Å². The van der Waals surface area contributed by atoms with Crippen LogP contribution in [0.3, 0.4) is 0 Å². The molecule has 0 bridgehead atoms. The van der Waals surface area contributed by atoms with Crippen LogP contribution in [0, 0.1) is 0 Å². The first-order chi connectivity index (χ1) is 9.04. The van der Waals surface area contributed by atoms with Crippen molar-refractivity contribution >= 4 is 12.0 Å². The number of rotatable bonds is 6. The van der Waals surface area contributed by atoms with E-state index in [9.17, 15) is 9.59 Å². The summed E-state index contributed by atoms with van der Waals surface area (Å²) < 4.78 is 0. The summed E-state index contributed by atoms with van der Waals surface area (Å²) in [4.78, 5) is 23.8. The van der Waals surface area contributed by atoms with Crippen molar-refractivity contribution < 1.29 is 14.7 Å². The fraction of sp³-hybridized carbons (Fsp3) is 0.429. The zero-order valence-electron chi connectivity index (χ0n) is 11.3. The number of nitrogens with zero attached hydrogens (tertiary/aromatic N) is 1. The van der Waals surface area contributed by atoms with Gasteiger partial charge in [-0.25, -0.2) is 4.79 Å². The molecule has 0 saturated carbocycles. The molecule has 5 heteroatoms. The number of hydrogen-bond donors (Lipinski definition) is 2. The van der Waals surface area contributed by atoms with Gasteiger partial charge in [0.25, 0.3) is 0 Å². The molecule has 0 saturated heterocycles. The summed E-state index contributed by atoms with van der Waals surface area (Å²) in [5.41, 5.74) is 1.05. The Morgan fingerprint density at radius 3 is 2.47 bits per heavy atom. The van der Waals surface area contributed by atoms with E-state index in [4.69, 9.17) is 5.11 Å². The van der Waals surface area contributed by atoms with Crippen LogP contribution in [0.2, 0.25) is 0 Å². The quantitative estimate of drug-likeness (QED) is 0.828. The van der Waals surface area contributed by atoms with E-state index < -0.39 is 5.97 Å².